The van der Waals surface area contributed by atoms with Crippen LogP contribution >= 0.6 is 12.6 Å². The van der Waals surface area contributed by atoms with E-state index in [1.165, 1.54) is 0 Å². The van der Waals surface area contributed by atoms with Gasteiger partial charge in [-0.3, -0.25) is 19.7 Å². The molecule has 0 spiro atoms. The van der Waals surface area contributed by atoms with E-state index in [2.05, 4.69) is 17.9 Å². The second-order valence-corrected chi connectivity index (χ2v) is 4.98. The molecule has 2 N–H and O–H groups in total. The fourth-order valence-electron chi connectivity index (χ4n) is 1.88. The lowest BCUT2D eigenvalue weighted by molar-refractivity contribution is -0.139. The number of carbonyl (C=O) groups excluding carboxylic acids is 2. The molecule has 0 aromatic heterocycles. The van der Waals surface area contributed by atoms with Crippen molar-refractivity contribution in [3.63, 3.8) is 0 Å². The van der Waals surface area contributed by atoms with Gasteiger partial charge in [-0.25, -0.2) is 0 Å². The first-order valence-electron chi connectivity index (χ1n) is 6.73. The predicted molar refractivity (Wildman–Crippen MR) is 82.9 cm³/mol. The van der Waals surface area contributed by atoms with Crippen LogP contribution in [-0.4, -0.2) is 40.5 Å². The van der Waals surface area contributed by atoms with Gasteiger partial charge in [0.1, 0.15) is 12.1 Å². The minimum absolute atomic E-state index is 0.00664. The van der Waals surface area contributed by atoms with Crippen LogP contribution in [0.2, 0.25) is 0 Å². The summed E-state index contributed by atoms with van der Waals surface area (Å²) < 4.78 is 0. The average Bonchev–Trinajstić information content (AvgIpc) is 2.48. The molecule has 2 unspecified atom stereocenters. The van der Waals surface area contributed by atoms with Crippen molar-refractivity contribution >= 4 is 30.2 Å². The van der Waals surface area contributed by atoms with Crippen molar-refractivity contribution in [3.8, 4) is 0 Å². The van der Waals surface area contributed by atoms with Gasteiger partial charge in [0, 0.05) is 17.7 Å². The molecule has 0 bridgehead atoms. The van der Waals surface area contributed by atoms with Crippen molar-refractivity contribution in [3.05, 3.63) is 35.9 Å². The Kier molecular flexibility index (Phi) is 7.11. The number of rotatable bonds is 9. The molecule has 0 radical (unpaired) electrons. The smallest absolute Gasteiger partial charge is 0.321 e. The van der Waals surface area contributed by atoms with Gasteiger partial charge in [-0.15, -0.1) is 0 Å². The van der Waals surface area contributed by atoms with Crippen molar-refractivity contribution in [2.24, 2.45) is 0 Å². The van der Waals surface area contributed by atoms with E-state index in [1.807, 2.05) is 6.92 Å². The fourth-order valence-corrected chi connectivity index (χ4v) is 2.14. The van der Waals surface area contributed by atoms with Crippen molar-refractivity contribution < 1.29 is 19.5 Å². The summed E-state index contributed by atoms with van der Waals surface area (Å²) in [6.45, 7) is 1.83. The van der Waals surface area contributed by atoms with Crippen molar-refractivity contribution in [1.82, 2.24) is 5.32 Å². The number of Topliss-reactive ketones (excluding diaryl/α,β-unsaturated/α-hetero) is 2. The monoisotopic (exact) mass is 309 g/mol. The molecule has 0 saturated carbocycles. The highest BCUT2D eigenvalue weighted by Gasteiger charge is 2.30. The molecule has 114 valence electrons. The van der Waals surface area contributed by atoms with Crippen LogP contribution in [0.3, 0.4) is 0 Å². The SMILES string of the molecule is CCCC(=O)C(NC(CS)C(=O)O)C(=O)c1ccccc1. The summed E-state index contributed by atoms with van der Waals surface area (Å²) in [7, 11) is 0. The van der Waals surface area contributed by atoms with Crippen LogP contribution in [0.15, 0.2) is 30.3 Å². The number of carboxylic acid groups (broad SMARTS) is 1. The molecule has 0 aliphatic carbocycles. The predicted octanol–water partition coefficient (Wildman–Crippen LogP) is 1.58. The first-order chi connectivity index (χ1) is 10.0. The van der Waals surface area contributed by atoms with Gasteiger partial charge in [0.25, 0.3) is 0 Å². The molecule has 6 heteroatoms. The van der Waals surface area contributed by atoms with Crippen LogP contribution in [0.5, 0.6) is 0 Å². The molecular formula is C15H19NO4S. The quantitative estimate of drug-likeness (QED) is 0.366. The number of carbonyl (C=O) groups is 3. The molecule has 2 atom stereocenters. The maximum absolute atomic E-state index is 12.4. The summed E-state index contributed by atoms with van der Waals surface area (Å²) in [5.41, 5.74) is 0.378. The van der Waals surface area contributed by atoms with Gasteiger partial charge in [0.2, 0.25) is 0 Å². The average molecular weight is 309 g/mol. The Morgan fingerprint density at radius 1 is 1.24 bits per heavy atom. The number of nitrogens with one attached hydrogen (secondary N) is 1. The highest BCUT2D eigenvalue weighted by atomic mass is 32.1. The van der Waals surface area contributed by atoms with E-state index in [-0.39, 0.29) is 18.0 Å². The Balaban J connectivity index is 2.99. The zero-order chi connectivity index (χ0) is 15.8. The lowest BCUT2D eigenvalue weighted by atomic mass is 9.97. The van der Waals surface area contributed by atoms with Crippen LogP contribution in [0, 0.1) is 0 Å². The number of benzene rings is 1. The summed E-state index contributed by atoms with van der Waals surface area (Å²) in [6.07, 6.45) is 0.812. The molecule has 0 aliphatic heterocycles. The van der Waals surface area contributed by atoms with Crippen LogP contribution in [0.4, 0.5) is 0 Å². The number of aliphatic carboxylic acids is 1. The Morgan fingerprint density at radius 3 is 2.33 bits per heavy atom. The molecule has 1 aromatic rings. The van der Waals surface area contributed by atoms with Crippen molar-refractivity contribution in [2.45, 2.75) is 31.8 Å². The minimum atomic E-state index is -1.15. The molecule has 0 saturated heterocycles. The Morgan fingerprint density at radius 2 is 1.86 bits per heavy atom. The largest absolute Gasteiger partial charge is 0.480 e. The molecule has 0 aliphatic rings. The van der Waals surface area contributed by atoms with E-state index >= 15 is 0 Å². The molecule has 0 amide bonds. The fraction of sp³-hybridized carbons (Fsp3) is 0.400. The number of thiol groups is 1. The lowest BCUT2D eigenvalue weighted by Gasteiger charge is -2.20. The highest BCUT2D eigenvalue weighted by Crippen LogP contribution is 2.08. The van der Waals surface area contributed by atoms with E-state index in [4.69, 9.17) is 5.11 Å². The molecular weight excluding hydrogens is 290 g/mol. The number of ketones is 2. The molecule has 5 nitrogen and oxygen atoms in total. The second kappa shape index (κ2) is 8.59. The zero-order valence-corrected chi connectivity index (χ0v) is 12.7. The van der Waals surface area contributed by atoms with E-state index in [0.29, 0.717) is 12.0 Å². The molecule has 21 heavy (non-hydrogen) atoms. The van der Waals surface area contributed by atoms with Gasteiger partial charge in [-0.05, 0) is 6.42 Å². The van der Waals surface area contributed by atoms with E-state index in [9.17, 15) is 14.4 Å². The third kappa shape index (κ3) is 4.99. The maximum atomic E-state index is 12.4. The summed E-state index contributed by atoms with van der Waals surface area (Å²) in [4.78, 5) is 35.6. The summed E-state index contributed by atoms with van der Waals surface area (Å²) in [5.74, 6) is -1.87. The third-order valence-electron chi connectivity index (χ3n) is 2.99. The van der Waals surface area contributed by atoms with Gasteiger partial charge in [0.15, 0.2) is 11.6 Å². The van der Waals surface area contributed by atoms with E-state index < -0.39 is 23.8 Å². The number of hydrogen-bond donors (Lipinski definition) is 3. The van der Waals surface area contributed by atoms with Crippen LogP contribution in [0.25, 0.3) is 0 Å². The standard InChI is InChI=1S/C15H19NO4S/c1-2-6-12(17)13(16-11(9-21)15(19)20)14(18)10-7-4-3-5-8-10/h3-5,7-8,11,13,16,21H,2,6,9H2,1H3,(H,19,20). The highest BCUT2D eigenvalue weighted by molar-refractivity contribution is 7.80. The van der Waals surface area contributed by atoms with E-state index in [0.717, 1.165) is 0 Å². The lowest BCUT2D eigenvalue weighted by Crippen LogP contribution is -2.52. The number of hydrogen-bond acceptors (Lipinski definition) is 5. The van der Waals surface area contributed by atoms with Crippen LogP contribution in [0.1, 0.15) is 30.1 Å². The zero-order valence-electron chi connectivity index (χ0n) is 11.8. The van der Waals surface area contributed by atoms with Crippen molar-refractivity contribution in [2.75, 3.05) is 5.75 Å². The molecule has 0 heterocycles. The normalized spacial score (nSPS) is 13.4. The molecule has 0 fully saturated rings. The third-order valence-corrected chi connectivity index (χ3v) is 3.35. The minimum Gasteiger partial charge on any atom is -0.480 e. The van der Waals surface area contributed by atoms with Gasteiger partial charge in [-0.1, -0.05) is 37.3 Å². The van der Waals surface area contributed by atoms with Gasteiger partial charge in [0.05, 0.1) is 0 Å². The van der Waals surface area contributed by atoms with Gasteiger partial charge < -0.3 is 5.11 Å². The molecule has 1 rings (SSSR count). The topological polar surface area (TPSA) is 83.5 Å². The summed E-state index contributed by atoms with van der Waals surface area (Å²) in [6, 6.07) is 6.16. The number of carboxylic acids is 1. The Labute approximate surface area is 129 Å². The first-order valence-corrected chi connectivity index (χ1v) is 7.36. The van der Waals surface area contributed by atoms with E-state index in [1.54, 1.807) is 30.3 Å². The van der Waals surface area contributed by atoms with Gasteiger partial charge >= 0.3 is 5.97 Å². The molecule has 1 aromatic carbocycles. The maximum Gasteiger partial charge on any atom is 0.321 e. The summed E-state index contributed by atoms with van der Waals surface area (Å²) >= 11 is 3.94. The van der Waals surface area contributed by atoms with Crippen molar-refractivity contribution in [1.29, 1.82) is 0 Å². The first kappa shape index (κ1) is 17.4. The van der Waals surface area contributed by atoms with Gasteiger partial charge in [-0.2, -0.15) is 12.6 Å². The Hall–Kier alpha value is -1.66. The summed E-state index contributed by atoms with van der Waals surface area (Å²) in [5, 5.41) is 11.7. The Bertz CT molecular complexity index is 504. The van der Waals surface area contributed by atoms with Crippen LogP contribution < -0.4 is 5.32 Å². The van der Waals surface area contributed by atoms with Crippen LogP contribution in [-0.2, 0) is 9.59 Å². The second-order valence-electron chi connectivity index (χ2n) is 4.62.